The molecule has 5 nitrogen and oxygen atoms in total. The quantitative estimate of drug-likeness (QED) is 0.628. The molecule has 0 saturated heterocycles. The van der Waals surface area contributed by atoms with Crippen molar-refractivity contribution in [3.63, 3.8) is 0 Å². The number of nitrogens with one attached hydrogen (secondary N) is 1. The van der Waals surface area contributed by atoms with Crippen molar-refractivity contribution in [1.29, 1.82) is 0 Å². The molecule has 1 unspecified atom stereocenters. The lowest BCUT2D eigenvalue weighted by molar-refractivity contribution is 0.290. The van der Waals surface area contributed by atoms with Gasteiger partial charge in [0, 0.05) is 11.3 Å². The van der Waals surface area contributed by atoms with E-state index in [-0.39, 0.29) is 6.04 Å². The molecule has 0 amide bonds. The molecule has 2 aromatic carbocycles. The summed E-state index contributed by atoms with van der Waals surface area (Å²) in [5, 5.41) is 12.3. The molecule has 5 heteroatoms. The average Bonchev–Trinajstić information content (AvgIpc) is 3.24. The highest BCUT2D eigenvalue weighted by atomic mass is 16.5. The van der Waals surface area contributed by atoms with Crippen molar-refractivity contribution in [2.24, 2.45) is 5.92 Å². The monoisotopic (exact) mass is 363 g/mol. The Hall–Kier alpha value is -2.82. The Bertz CT molecular complexity index is 840. The standard InChI is InChI=1S/C22H25N3O2/c1-26-19-14-12-18(13-15-19)23-20(16-8-4-2-5-9-16)22-25-24-21(27-22)17-10-6-3-7-11-17/h3,6-7,10-16,20,23H,2,4-5,8-9H2,1H3. The van der Waals surface area contributed by atoms with Crippen LogP contribution in [-0.2, 0) is 0 Å². The fourth-order valence-electron chi connectivity index (χ4n) is 3.77. The van der Waals surface area contributed by atoms with Crippen LogP contribution < -0.4 is 10.1 Å². The van der Waals surface area contributed by atoms with Crippen LogP contribution in [0.4, 0.5) is 5.69 Å². The van der Waals surface area contributed by atoms with Gasteiger partial charge in [-0.25, -0.2) is 0 Å². The van der Waals surface area contributed by atoms with E-state index in [0.29, 0.717) is 17.7 Å². The van der Waals surface area contributed by atoms with Crippen molar-refractivity contribution in [1.82, 2.24) is 10.2 Å². The normalized spacial score (nSPS) is 16.0. The number of ether oxygens (including phenoxy) is 1. The van der Waals surface area contributed by atoms with Crippen molar-refractivity contribution in [3.05, 3.63) is 60.5 Å². The van der Waals surface area contributed by atoms with E-state index < -0.39 is 0 Å². The minimum absolute atomic E-state index is 0.0173. The first-order chi connectivity index (χ1) is 13.3. The van der Waals surface area contributed by atoms with Crippen LogP contribution >= 0.6 is 0 Å². The first-order valence-electron chi connectivity index (χ1n) is 9.63. The molecule has 4 rings (SSSR count). The van der Waals surface area contributed by atoms with Crippen molar-refractivity contribution >= 4 is 5.69 Å². The van der Waals surface area contributed by atoms with E-state index in [1.54, 1.807) is 7.11 Å². The average molecular weight is 363 g/mol. The zero-order chi connectivity index (χ0) is 18.5. The topological polar surface area (TPSA) is 60.2 Å². The third-order valence-corrected chi connectivity index (χ3v) is 5.26. The van der Waals surface area contributed by atoms with Crippen molar-refractivity contribution in [2.75, 3.05) is 12.4 Å². The van der Waals surface area contributed by atoms with E-state index in [9.17, 15) is 0 Å². The summed E-state index contributed by atoms with van der Waals surface area (Å²) in [5.41, 5.74) is 1.98. The van der Waals surface area contributed by atoms with Crippen molar-refractivity contribution in [2.45, 2.75) is 38.1 Å². The Morgan fingerprint density at radius 2 is 1.70 bits per heavy atom. The summed E-state index contributed by atoms with van der Waals surface area (Å²) >= 11 is 0. The minimum atomic E-state index is 0.0173. The highest BCUT2D eigenvalue weighted by Crippen LogP contribution is 2.37. The third kappa shape index (κ3) is 4.13. The van der Waals surface area contributed by atoms with Gasteiger partial charge in [-0.05, 0) is 55.2 Å². The van der Waals surface area contributed by atoms with Gasteiger partial charge in [0.2, 0.25) is 11.8 Å². The van der Waals surface area contributed by atoms with Crippen LogP contribution in [0.1, 0.15) is 44.0 Å². The summed E-state index contributed by atoms with van der Waals surface area (Å²) in [6.45, 7) is 0. The molecule has 27 heavy (non-hydrogen) atoms. The summed E-state index contributed by atoms with van der Waals surface area (Å²) in [6, 6.07) is 17.9. The molecular formula is C22H25N3O2. The molecule has 3 aromatic rings. The molecule has 0 bridgehead atoms. The van der Waals surface area contributed by atoms with Gasteiger partial charge in [0.1, 0.15) is 11.8 Å². The molecule has 140 valence electrons. The molecular weight excluding hydrogens is 338 g/mol. The maximum absolute atomic E-state index is 6.09. The van der Waals surface area contributed by atoms with Crippen LogP contribution in [-0.4, -0.2) is 17.3 Å². The van der Waals surface area contributed by atoms with Gasteiger partial charge in [0.15, 0.2) is 0 Å². The summed E-state index contributed by atoms with van der Waals surface area (Å²) < 4.78 is 11.4. The van der Waals surface area contributed by atoms with Gasteiger partial charge in [-0.15, -0.1) is 10.2 Å². The maximum Gasteiger partial charge on any atom is 0.247 e. The summed E-state index contributed by atoms with van der Waals surface area (Å²) in [5.74, 6) is 2.57. The van der Waals surface area contributed by atoms with Gasteiger partial charge in [-0.1, -0.05) is 37.5 Å². The molecule has 1 aromatic heterocycles. The smallest absolute Gasteiger partial charge is 0.247 e. The van der Waals surface area contributed by atoms with Gasteiger partial charge in [0.05, 0.1) is 7.11 Å². The van der Waals surface area contributed by atoms with E-state index >= 15 is 0 Å². The Morgan fingerprint density at radius 1 is 0.963 bits per heavy atom. The van der Waals surface area contributed by atoms with Gasteiger partial charge >= 0.3 is 0 Å². The molecule has 0 spiro atoms. The van der Waals surface area contributed by atoms with Crippen LogP contribution in [0.3, 0.4) is 0 Å². The molecule has 1 atom stereocenters. The van der Waals surface area contributed by atoms with E-state index in [2.05, 4.69) is 15.5 Å². The Morgan fingerprint density at radius 3 is 2.41 bits per heavy atom. The van der Waals surface area contributed by atoms with E-state index in [1.807, 2.05) is 54.6 Å². The lowest BCUT2D eigenvalue weighted by atomic mass is 9.83. The van der Waals surface area contributed by atoms with Gasteiger partial charge in [0.25, 0.3) is 0 Å². The Kier molecular flexibility index (Phi) is 5.37. The highest BCUT2D eigenvalue weighted by molar-refractivity contribution is 5.52. The second-order valence-corrected chi connectivity index (χ2v) is 7.06. The lowest BCUT2D eigenvalue weighted by Crippen LogP contribution is -2.23. The molecule has 1 fully saturated rings. The van der Waals surface area contributed by atoms with E-state index in [0.717, 1.165) is 17.0 Å². The molecule has 1 heterocycles. The zero-order valence-corrected chi connectivity index (χ0v) is 15.6. The third-order valence-electron chi connectivity index (χ3n) is 5.26. The number of methoxy groups -OCH3 is 1. The van der Waals surface area contributed by atoms with Crippen LogP contribution in [0.15, 0.2) is 59.0 Å². The SMILES string of the molecule is COc1ccc(NC(c2nnc(-c3ccccc3)o2)C2CCCCC2)cc1. The zero-order valence-electron chi connectivity index (χ0n) is 15.6. The van der Waals surface area contributed by atoms with E-state index in [4.69, 9.17) is 9.15 Å². The van der Waals surface area contributed by atoms with Crippen LogP contribution in [0.2, 0.25) is 0 Å². The van der Waals surface area contributed by atoms with Crippen molar-refractivity contribution in [3.8, 4) is 17.2 Å². The van der Waals surface area contributed by atoms with Crippen LogP contribution in [0.5, 0.6) is 5.75 Å². The molecule has 1 N–H and O–H groups in total. The highest BCUT2D eigenvalue weighted by Gasteiger charge is 2.29. The Balaban J connectivity index is 1.60. The van der Waals surface area contributed by atoms with Crippen molar-refractivity contribution < 1.29 is 9.15 Å². The summed E-state index contributed by atoms with van der Waals surface area (Å²) in [7, 11) is 1.68. The maximum atomic E-state index is 6.09. The first-order valence-corrected chi connectivity index (χ1v) is 9.63. The minimum Gasteiger partial charge on any atom is -0.497 e. The van der Waals surface area contributed by atoms with Gasteiger partial charge < -0.3 is 14.5 Å². The van der Waals surface area contributed by atoms with Crippen LogP contribution in [0.25, 0.3) is 11.5 Å². The summed E-state index contributed by atoms with van der Waals surface area (Å²) in [6.07, 6.45) is 6.18. The second-order valence-electron chi connectivity index (χ2n) is 7.06. The number of benzene rings is 2. The lowest BCUT2D eigenvalue weighted by Gasteiger charge is -2.29. The Labute approximate surface area is 159 Å². The first kappa shape index (κ1) is 17.6. The summed E-state index contributed by atoms with van der Waals surface area (Å²) in [4.78, 5) is 0. The van der Waals surface area contributed by atoms with Gasteiger partial charge in [-0.3, -0.25) is 0 Å². The molecule has 0 radical (unpaired) electrons. The largest absolute Gasteiger partial charge is 0.497 e. The molecule has 1 aliphatic rings. The van der Waals surface area contributed by atoms with Crippen LogP contribution in [0, 0.1) is 5.92 Å². The number of anilines is 1. The van der Waals surface area contributed by atoms with E-state index in [1.165, 1.54) is 32.1 Å². The number of rotatable bonds is 6. The predicted octanol–water partition coefficient (Wildman–Crippen LogP) is 5.48. The van der Waals surface area contributed by atoms with Gasteiger partial charge in [-0.2, -0.15) is 0 Å². The number of hydrogen-bond acceptors (Lipinski definition) is 5. The number of hydrogen-bond donors (Lipinski definition) is 1. The molecule has 1 aliphatic carbocycles. The fraction of sp³-hybridized carbons (Fsp3) is 0.364. The fourth-order valence-corrected chi connectivity index (χ4v) is 3.77. The molecule has 1 saturated carbocycles. The molecule has 0 aliphatic heterocycles. The number of aromatic nitrogens is 2. The predicted molar refractivity (Wildman–Crippen MR) is 106 cm³/mol. The second kappa shape index (κ2) is 8.25. The number of nitrogens with zero attached hydrogens (tertiary/aromatic N) is 2.